The molecule has 1 aromatic carbocycles. The second kappa shape index (κ2) is 8.80. The van der Waals surface area contributed by atoms with Gasteiger partial charge < -0.3 is 15.1 Å². The van der Waals surface area contributed by atoms with Crippen LogP contribution in [0.1, 0.15) is 61.6 Å². The van der Waals surface area contributed by atoms with E-state index in [9.17, 15) is 4.79 Å². The molecule has 29 heavy (non-hydrogen) atoms. The smallest absolute Gasteiger partial charge is 0.274 e. The monoisotopic (exact) mass is 393 g/mol. The first-order valence-electron chi connectivity index (χ1n) is 10.9. The van der Waals surface area contributed by atoms with Crippen LogP contribution in [0.5, 0.6) is 0 Å². The Bertz CT molecular complexity index is 845. The lowest BCUT2D eigenvalue weighted by molar-refractivity contribution is 0.102. The summed E-state index contributed by atoms with van der Waals surface area (Å²) in [5.74, 6) is 0.502. The van der Waals surface area contributed by atoms with Crippen molar-refractivity contribution in [3.05, 3.63) is 41.7 Å². The molecule has 3 heterocycles. The number of anilines is 3. The summed E-state index contributed by atoms with van der Waals surface area (Å²) in [5, 5.41) is 2.99. The normalized spacial score (nSPS) is 19.4. The molecule has 0 radical (unpaired) electrons. The molecule has 2 saturated heterocycles. The van der Waals surface area contributed by atoms with Gasteiger partial charge in [0.15, 0.2) is 0 Å². The van der Waals surface area contributed by atoms with Crippen LogP contribution in [0.2, 0.25) is 0 Å². The summed E-state index contributed by atoms with van der Waals surface area (Å²) in [6.07, 6.45) is 7.15. The van der Waals surface area contributed by atoms with Crippen LogP contribution in [0.15, 0.2) is 30.3 Å². The zero-order valence-electron chi connectivity index (χ0n) is 17.5. The van der Waals surface area contributed by atoms with Crippen molar-refractivity contribution in [1.29, 1.82) is 0 Å². The number of benzene rings is 1. The highest BCUT2D eigenvalue weighted by Gasteiger charge is 2.24. The average molecular weight is 394 g/mol. The first kappa shape index (κ1) is 19.7. The van der Waals surface area contributed by atoms with E-state index in [0.717, 1.165) is 43.9 Å². The lowest BCUT2D eigenvalue weighted by Gasteiger charge is -2.35. The Morgan fingerprint density at radius 1 is 1.07 bits per heavy atom. The summed E-state index contributed by atoms with van der Waals surface area (Å²) < 4.78 is 0. The van der Waals surface area contributed by atoms with Crippen molar-refractivity contribution in [3.63, 3.8) is 0 Å². The van der Waals surface area contributed by atoms with Crippen LogP contribution >= 0.6 is 0 Å². The van der Waals surface area contributed by atoms with Crippen molar-refractivity contribution < 1.29 is 4.79 Å². The van der Waals surface area contributed by atoms with Crippen LogP contribution in [0.4, 0.5) is 17.3 Å². The maximum Gasteiger partial charge on any atom is 0.274 e. The number of nitrogens with zero attached hydrogens (tertiary/aromatic N) is 4. The third-order valence-corrected chi connectivity index (χ3v) is 6.03. The van der Waals surface area contributed by atoms with E-state index in [-0.39, 0.29) is 5.91 Å². The van der Waals surface area contributed by atoms with Gasteiger partial charge in [-0.15, -0.1) is 0 Å². The van der Waals surface area contributed by atoms with Crippen LogP contribution in [-0.2, 0) is 0 Å². The van der Waals surface area contributed by atoms with Gasteiger partial charge in [0.05, 0.1) is 0 Å². The van der Waals surface area contributed by atoms with Gasteiger partial charge in [-0.05, 0) is 75.8 Å². The van der Waals surface area contributed by atoms with Gasteiger partial charge in [0, 0.05) is 42.7 Å². The lowest BCUT2D eigenvalue weighted by Crippen LogP contribution is -2.40. The van der Waals surface area contributed by atoms with Gasteiger partial charge in [-0.2, -0.15) is 0 Å². The molecule has 0 aliphatic carbocycles. The number of aromatic nitrogens is 2. The molecule has 0 spiro atoms. The Balaban J connectivity index is 1.49. The van der Waals surface area contributed by atoms with Gasteiger partial charge in [0.2, 0.25) is 5.95 Å². The molecule has 0 bridgehead atoms. The van der Waals surface area contributed by atoms with Gasteiger partial charge in [-0.3, -0.25) is 4.79 Å². The molecule has 2 aromatic rings. The molecular weight excluding hydrogens is 362 g/mol. The van der Waals surface area contributed by atoms with E-state index in [0.29, 0.717) is 17.7 Å². The maximum absolute atomic E-state index is 12.9. The molecule has 1 amide bonds. The molecule has 6 heteroatoms. The predicted octanol–water partition coefficient (Wildman–Crippen LogP) is 4.41. The number of piperidine rings is 1. The number of carbonyl (C=O) groups excluding carboxylic acids is 1. The fourth-order valence-corrected chi connectivity index (χ4v) is 4.41. The molecule has 1 aromatic heterocycles. The number of nitrogens with one attached hydrogen (secondary N) is 1. The molecule has 6 nitrogen and oxygen atoms in total. The van der Waals surface area contributed by atoms with Crippen molar-refractivity contribution in [2.45, 2.75) is 58.4 Å². The molecule has 2 fully saturated rings. The third-order valence-electron chi connectivity index (χ3n) is 6.03. The first-order valence-corrected chi connectivity index (χ1v) is 10.9. The van der Waals surface area contributed by atoms with Gasteiger partial charge >= 0.3 is 0 Å². The van der Waals surface area contributed by atoms with Gasteiger partial charge in [0.1, 0.15) is 5.69 Å². The minimum atomic E-state index is -0.185. The molecule has 4 rings (SSSR count). The van der Waals surface area contributed by atoms with E-state index in [1.165, 1.54) is 31.4 Å². The topological polar surface area (TPSA) is 61.4 Å². The van der Waals surface area contributed by atoms with E-state index < -0.39 is 0 Å². The zero-order valence-corrected chi connectivity index (χ0v) is 17.5. The average Bonchev–Trinajstić information content (AvgIpc) is 3.28. The standard InChI is InChI=1S/C23H31N5O/c1-3-19-8-4-5-15-28(19)23-24-17(2)16-21(26-23)22(29)25-18-9-11-20(12-10-18)27-13-6-7-14-27/h9-12,16,19H,3-8,13-15H2,1-2H3,(H,25,29). The summed E-state index contributed by atoms with van der Waals surface area (Å²) in [6.45, 7) is 7.32. The molecule has 0 saturated carbocycles. The third kappa shape index (κ3) is 4.52. The highest BCUT2D eigenvalue weighted by atomic mass is 16.1. The lowest BCUT2D eigenvalue weighted by atomic mass is 10.0. The number of aryl methyl sites for hydroxylation is 1. The van der Waals surface area contributed by atoms with Crippen LogP contribution in [-0.4, -0.2) is 41.6 Å². The number of hydrogen-bond acceptors (Lipinski definition) is 5. The van der Waals surface area contributed by atoms with Crippen LogP contribution in [0.25, 0.3) is 0 Å². The number of carbonyl (C=O) groups is 1. The minimum Gasteiger partial charge on any atom is -0.372 e. The minimum absolute atomic E-state index is 0.185. The van der Waals surface area contributed by atoms with Crippen molar-refractivity contribution in [2.75, 3.05) is 34.8 Å². The number of amides is 1. The van der Waals surface area contributed by atoms with E-state index in [2.05, 4.69) is 44.1 Å². The van der Waals surface area contributed by atoms with Crippen LogP contribution in [0, 0.1) is 6.92 Å². The second-order valence-corrected chi connectivity index (χ2v) is 8.14. The quantitative estimate of drug-likeness (QED) is 0.815. The molecule has 1 unspecified atom stereocenters. The highest BCUT2D eigenvalue weighted by Crippen LogP contribution is 2.25. The maximum atomic E-state index is 12.9. The fourth-order valence-electron chi connectivity index (χ4n) is 4.41. The molecule has 1 atom stereocenters. The van der Waals surface area contributed by atoms with Gasteiger partial charge in [-0.25, -0.2) is 9.97 Å². The van der Waals surface area contributed by atoms with E-state index in [4.69, 9.17) is 0 Å². The van der Waals surface area contributed by atoms with Crippen LogP contribution in [0.3, 0.4) is 0 Å². The largest absolute Gasteiger partial charge is 0.372 e. The SMILES string of the molecule is CCC1CCCCN1c1nc(C)cc(C(=O)Nc2ccc(N3CCCC3)cc2)n1. The number of rotatable bonds is 5. The summed E-state index contributed by atoms with van der Waals surface area (Å²) in [6, 6.07) is 10.3. The van der Waals surface area contributed by atoms with Crippen molar-refractivity contribution >= 4 is 23.2 Å². The number of hydrogen-bond donors (Lipinski definition) is 1. The van der Waals surface area contributed by atoms with E-state index in [1.54, 1.807) is 6.07 Å². The Labute approximate surface area is 173 Å². The summed E-state index contributed by atoms with van der Waals surface area (Å²) in [4.78, 5) is 26.8. The highest BCUT2D eigenvalue weighted by molar-refractivity contribution is 6.03. The fraction of sp³-hybridized carbons (Fsp3) is 0.522. The Kier molecular flexibility index (Phi) is 5.97. The van der Waals surface area contributed by atoms with E-state index >= 15 is 0 Å². The summed E-state index contributed by atoms with van der Waals surface area (Å²) in [7, 11) is 0. The first-order chi connectivity index (χ1) is 14.1. The summed E-state index contributed by atoms with van der Waals surface area (Å²) in [5.41, 5.74) is 3.26. The zero-order chi connectivity index (χ0) is 20.2. The molecule has 2 aliphatic heterocycles. The summed E-state index contributed by atoms with van der Waals surface area (Å²) >= 11 is 0. The molecule has 1 N–H and O–H groups in total. The second-order valence-electron chi connectivity index (χ2n) is 8.14. The Morgan fingerprint density at radius 3 is 2.52 bits per heavy atom. The van der Waals surface area contributed by atoms with Gasteiger partial charge in [-0.1, -0.05) is 6.92 Å². The molecular formula is C23H31N5O. The van der Waals surface area contributed by atoms with Gasteiger partial charge in [0.25, 0.3) is 5.91 Å². The molecule has 154 valence electrons. The van der Waals surface area contributed by atoms with Crippen molar-refractivity contribution in [3.8, 4) is 0 Å². The predicted molar refractivity (Wildman–Crippen MR) is 118 cm³/mol. The van der Waals surface area contributed by atoms with Crippen molar-refractivity contribution in [1.82, 2.24) is 9.97 Å². The Hall–Kier alpha value is -2.63. The van der Waals surface area contributed by atoms with Crippen LogP contribution < -0.4 is 15.1 Å². The Morgan fingerprint density at radius 2 is 1.79 bits per heavy atom. The van der Waals surface area contributed by atoms with Crippen molar-refractivity contribution in [2.24, 2.45) is 0 Å². The molecule has 2 aliphatic rings. The van der Waals surface area contributed by atoms with E-state index in [1.807, 2.05) is 19.1 Å².